The van der Waals surface area contributed by atoms with Crippen LogP contribution in [0.5, 0.6) is 5.75 Å². The van der Waals surface area contributed by atoms with Gasteiger partial charge < -0.3 is 9.15 Å². The number of rotatable bonds is 2. The standard InChI is InChI=1S/C12H7F3O3/c13-12(14,15)18-9-4-1-3-8(7-9)10-5-2-6-17-11(10)16/h1-7H. The van der Waals surface area contributed by atoms with Crippen molar-refractivity contribution >= 4 is 0 Å². The van der Waals surface area contributed by atoms with Crippen LogP contribution in [0.2, 0.25) is 0 Å². The summed E-state index contributed by atoms with van der Waals surface area (Å²) >= 11 is 0. The van der Waals surface area contributed by atoms with Gasteiger partial charge in [-0.1, -0.05) is 12.1 Å². The van der Waals surface area contributed by atoms with E-state index in [0.717, 1.165) is 12.1 Å². The highest BCUT2D eigenvalue weighted by Crippen LogP contribution is 2.26. The first kappa shape index (κ1) is 12.2. The van der Waals surface area contributed by atoms with E-state index in [0.29, 0.717) is 5.56 Å². The molecule has 6 heteroatoms. The number of ether oxygens (including phenoxy) is 1. The van der Waals surface area contributed by atoms with Crippen LogP contribution in [0, 0.1) is 0 Å². The second-order valence-corrected chi connectivity index (χ2v) is 3.39. The molecule has 1 heterocycles. The van der Waals surface area contributed by atoms with Gasteiger partial charge >= 0.3 is 12.0 Å². The SMILES string of the molecule is O=c1occcc1-c1cccc(OC(F)(F)F)c1. The van der Waals surface area contributed by atoms with Crippen LogP contribution in [0.4, 0.5) is 13.2 Å². The molecule has 94 valence electrons. The molecule has 0 saturated heterocycles. The monoisotopic (exact) mass is 256 g/mol. The molecular weight excluding hydrogens is 249 g/mol. The Morgan fingerprint density at radius 2 is 1.89 bits per heavy atom. The summed E-state index contributed by atoms with van der Waals surface area (Å²) in [7, 11) is 0. The molecule has 0 aliphatic carbocycles. The predicted octanol–water partition coefficient (Wildman–Crippen LogP) is 3.21. The lowest BCUT2D eigenvalue weighted by Gasteiger charge is -2.09. The molecule has 1 aromatic carbocycles. The van der Waals surface area contributed by atoms with Crippen LogP contribution < -0.4 is 10.4 Å². The van der Waals surface area contributed by atoms with Gasteiger partial charge in [0.2, 0.25) is 0 Å². The topological polar surface area (TPSA) is 39.4 Å². The van der Waals surface area contributed by atoms with E-state index in [1.54, 1.807) is 0 Å². The summed E-state index contributed by atoms with van der Waals surface area (Å²) in [5, 5.41) is 0. The quantitative estimate of drug-likeness (QED) is 0.828. The summed E-state index contributed by atoms with van der Waals surface area (Å²) in [6.45, 7) is 0. The molecular formula is C12H7F3O3. The Morgan fingerprint density at radius 3 is 2.56 bits per heavy atom. The van der Waals surface area contributed by atoms with E-state index in [1.165, 1.54) is 30.5 Å². The van der Waals surface area contributed by atoms with Crippen LogP contribution in [0.1, 0.15) is 0 Å². The lowest BCUT2D eigenvalue weighted by Crippen LogP contribution is -2.17. The molecule has 3 nitrogen and oxygen atoms in total. The first-order valence-corrected chi connectivity index (χ1v) is 4.90. The van der Waals surface area contributed by atoms with Crippen molar-refractivity contribution in [3.05, 3.63) is 53.1 Å². The summed E-state index contributed by atoms with van der Waals surface area (Å²) in [6, 6.07) is 8.08. The highest BCUT2D eigenvalue weighted by Gasteiger charge is 2.31. The number of alkyl halides is 3. The minimum atomic E-state index is -4.76. The van der Waals surface area contributed by atoms with Crippen LogP contribution in [-0.4, -0.2) is 6.36 Å². The Kier molecular flexibility index (Phi) is 3.10. The number of halogens is 3. The van der Waals surface area contributed by atoms with Gasteiger partial charge in [0, 0.05) is 0 Å². The van der Waals surface area contributed by atoms with Crippen LogP contribution in [0.15, 0.2) is 51.9 Å². The maximum absolute atomic E-state index is 12.1. The highest BCUT2D eigenvalue weighted by atomic mass is 19.4. The molecule has 0 spiro atoms. The van der Waals surface area contributed by atoms with Gasteiger partial charge in [0.05, 0.1) is 11.8 Å². The van der Waals surface area contributed by atoms with Crippen molar-refractivity contribution in [3.8, 4) is 16.9 Å². The molecule has 0 N–H and O–H groups in total. The van der Waals surface area contributed by atoms with Gasteiger partial charge in [-0.2, -0.15) is 0 Å². The molecule has 1 aromatic heterocycles. The van der Waals surface area contributed by atoms with Crippen molar-refractivity contribution in [2.75, 3.05) is 0 Å². The average molecular weight is 256 g/mol. The first-order valence-electron chi connectivity index (χ1n) is 4.90. The molecule has 0 atom stereocenters. The van der Waals surface area contributed by atoms with Crippen LogP contribution in [0.25, 0.3) is 11.1 Å². The molecule has 0 saturated carbocycles. The second kappa shape index (κ2) is 4.56. The number of benzene rings is 1. The lowest BCUT2D eigenvalue weighted by molar-refractivity contribution is -0.274. The Labute approximate surface area is 99.4 Å². The van der Waals surface area contributed by atoms with E-state index in [4.69, 9.17) is 0 Å². The molecule has 2 rings (SSSR count). The summed E-state index contributed by atoms with van der Waals surface area (Å²) in [5.41, 5.74) is -0.155. The Balaban J connectivity index is 2.39. The molecule has 2 aromatic rings. The van der Waals surface area contributed by atoms with Crippen molar-refractivity contribution in [2.45, 2.75) is 6.36 Å². The maximum atomic E-state index is 12.1. The van der Waals surface area contributed by atoms with E-state index in [1.807, 2.05) is 0 Å². The number of hydrogen-bond acceptors (Lipinski definition) is 3. The molecule has 18 heavy (non-hydrogen) atoms. The van der Waals surface area contributed by atoms with Crippen LogP contribution in [0.3, 0.4) is 0 Å². The van der Waals surface area contributed by atoms with Crippen molar-refractivity contribution in [1.82, 2.24) is 0 Å². The largest absolute Gasteiger partial charge is 0.573 e. The maximum Gasteiger partial charge on any atom is 0.573 e. The van der Waals surface area contributed by atoms with E-state index in [-0.39, 0.29) is 11.3 Å². The van der Waals surface area contributed by atoms with Crippen LogP contribution >= 0.6 is 0 Å². The van der Waals surface area contributed by atoms with Crippen molar-refractivity contribution in [3.63, 3.8) is 0 Å². The van der Waals surface area contributed by atoms with Gasteiger partial charge in [-0.05, 0) is 29.8 Å². The zero-order valence-corrected chi connectivity index (χ0v) is 8.90. The van der Waals surface area contributed by atoms with Gasteiger partial charge in [-0.25, -0.2) is 4.79 Å². The number of hydrogen-bond donors (Lipinski definition) is 0. The van der Waals surface area contributed by atoms with Gasteiger partial charge in [-0.15, -0.1) is 13.2 Å². The predicted molar refractivity (Wildman–Crippen MR) is 57.1 cm³/mol. The summed E-state index contributed by atoms with van der Waals surface area (Å²) in [5.74, 6) is -0.386. The molecule has 0 unspecified atom stereocenters. The third-order valence-electron chi connectivity index (χ3n) is 2.12. The normalized spacial score (nSPS) is 11.3. The Bertz CT molecular complexity index is 602. The Hall–Kier alpha value is -2.24. The van der Waals surface area contributed by atoms with Gasteiger partial charge in [0.25, 0.3) is 0 Å². The van der Waals surface area contributed by atoms with Crippen molar-refractivity contribution < 1.29 is 22.3 Å². The van der Waals surface area contributed by atoms with E-state index >= 15 is 0 Å². The van der Waals surface area contributed by atoms with Gasteiger partial charge in [0.1, 0.15) is 5.75 Å². The fourth-order valence-corrected chi connectivity index (χ4v) is 1.44. The minimum Gasteiger partial charge on any atom is -0.431 e. The van der Waals surface area contributed by atoms with Crippen molar-refractivity contribution in [2.24, 2.45) is 0 Å². The Morgan fingerprint density at radius 1 is 1.11 bits per heavy atom. The van der Waals surface area contributed by atoms with E-state index < -0.39 is 12.0 Å². The molecule has 0 bridgehead atoms. The smallest absolute Gasteiger partial charge is 0.431 e. The fourth-order valence-electron chi connectivity index (χ4n) is 1.44. The van der Waals surface area contributed by atoms with Crippen molar-refractivity contribution in [1.29, 1.82) is 0 Å². The lowest BCUT2D eigenvalue weighted by atomic mass is 10.1. The third kappa shape index (κ3) is 2.91. The zero-order chi connectivity index (χ0) is 13.2. The highest BCUT2D eigenvalue weighted by molar-refractivity contribution is 5.63. The average Bonchev–Trinajstić information content (AvgIpc) is 2.27. The summed E-state index contributed by atoms with van der Waals surface area (Å²) in [4.78, 5) is 11.4. The second-order valence-electron chi connectivity index (χ2n) is 3.39. The molecule has 0 amide bonds. The molecule has 0 aliphatic rings. The molecule has 0 aliphatic heterocycles. The van der Waals surface area contributed by atoms with E-state index in [2.05, 4.69) is 9.15 Å². The fraction of sp³-hybridized carbons (Fsp3) is 0.0833. The first-order chi connectivity index (χ1) is 8.46. The zero-order valence-electron chi connectivity index (χ0n) is 8.90. The third-order valence-corrected chi connectivity index (χ3v) is 2.12. The molecule has 0 radical (unpaired) electrons. The minimum absolute atomic E-state index is 0.171. The van der Waals surface area contributed by atoms with Crippen LogP contribution in [-0.2, 0) is 0 Å². The summed E-state index contributed by atoms with van der Waals surface area (Å²) in [6.07, 6.45) is -3.57. The molecule has 0 fully saturated rings. The summed E-state index contributed by atoms with van der Waals surface area (Å²) < 4.78 is 44.6. The van der Waals surface area contributed by atoms with E-state index in [9.17, 15) is 18.0 Å². The van der Waals surface area contributed by atoms with Gasteiger partial charge in [-0.3, -0.25) is 0 Å². The van der Waals surface area contributed by atoms with Gasteiger partial charge in [0.15, 0.2) is 0 Å².